The molecule has 0 saturated carbocycles. The van der Waals surface area contributed by atoms with Crippen LogP contribution in [0.25, 0.3) is 0 Å². The Kier molecular flexibility index (Phi) is 5.98. The van der Waals surface area contributed by atoms with Crippen LogP contribution in [0, 0.1) is 5.92 Å². The van der Waals surface area contributed by atoms with Crippen molar-refractivity contribution in [2.45, 2.75) is 31.3 Å². The third-order valence-electron chi connectivity index (χ3n) is 2.92. The number of aliphatic hydroxyl groups is 1. The maximum absolute atomic E-state index is 11.9. The highest BCUT2D eigenvalue weighted by atomic mass is 32.2. The van der Waals surface area contributed by atoms with Gasteiger partial charge in [-0.2, -0.15) is 0 Å². The van der Waals surface area contributed by atoms with Crippen molar-refractivity contribution in [2.24, 2.45) is 5.92 Å². The lowest BCUT2D eigenvalue weighted by atomic mass is 10.1. The first-order valence-electron chi connectivity index (χ1n) is 6.68. The second-order valence-corrected chi connectivity index (χ2v) is 7.63. The van der Waals surface area contributed by atoms with Gasteiger partial charge in [-0.25, -0.2) is 12.7 Å². The summed E-state index contributed by atoms with van der Waals surface area (Å²) < 4.78 is 25.0. The summed E-state index contributed by atoms with van der Waals surface area (Å²) in [5.41, 5.74) is 0.797. The number of benzene rings is 1. The first-order valence-corrected chi connectivity index (χ1v) is 8.12. The van der Waals surface area contributed by atoms with Crippen molar-refractivity contribution in [1.82, 2.24) is 4.31 Å². The molecule has 1 atom stereocenters. The third kappa shape index (κ3) is 4.77. The van der Waals surface area contributed by atoms with E-state index >= 15 is 0 Å². The monoisotopic (exact) mass is 300 g/mol. The smallest absolute Gasteiger partial charge is 0.242 e. The second kappa shape index (κ2) is 7.06. The van der Waals surface area contributed by atoms with E-state index in [1.54, 1.807) is 24.3 Å². The summed E-state index contributed by atoms with van der Waals surface area (Å²) in [6, 6.07) is 6.54. The molecule has 1 unspecified atom stereocenters. The molecule has 0 heterocycles. The van der Waals surface area contributed by atoms with Crippen molar-refractivity contribution in [3.05, 3.63) is 24.3 Å². The van der Waals surface area contributed by atoms with Crippen molar-refractivity contribution in [3.8, 4) is 0 Å². The summed E-state index contributed by atoms with van der Waals surface area (Å²) in [6.07, 6.45) is 0.334. The van der Waals surface area contributed by atoms with E-state index in [9.17, 15) is 13.5 Å². The summed E-state index contributed by atoms with van der Waals surface area (Å²) in [6.45, 7) is 4.58. The topological polar surface area (TPSA) is 69.6 Å². The van der Waals surface area contributed by atoms with Gasteiger partial charge in [-0.3, -0.25) is 0 Å². The van der Waals surface area contributed by atoms with Gasteiger partial charge >= 0.3 is 0 Å². The highest BCUT2D eigenvalue weighted by molar-refractivity contribution is 7.89. The molecule has 0 aliphatic carbocycles. The fourth-order valence-corrected chi connectivity index (χ4v) is 2.72. The van der Waals surface area contributed by atoms with Gasteiger partial charge in [0.05, 0.1) is 11.0 Å². The molecule has 0 amide bonds. The molecule has 1 aromatic rings. The van der Waals surface area contributed by atoms with Gasteiger partial charge in [0.15, 0.2) is 0 Å². The number of hydrogen-bond acceptors (Lipinski definition) is 4. The van der Waals surface area contributed by atoms with Crippen LogP contribution in [-0.2, 0) is 10.0 Å². The summed E-state index contributed by atoms with van der Waals surface area (Å²) in [4.78, 5) is 0.260. The Hall–Kier alpha value is -1.11. The van der Waals surface area contributed by atoms with E-state index in [0.29, 0.717) is 12.5 Å². The SMILES string of the molecule is CC(C)CC(O)CNc1ccc(S(=O)(=O)N(C)C)cc1. The molecule has 0 fully saturated rings. The molecular formula is C14H24N2O3S. The van der Waals surface area contributed by atoms with E-state index in [-0.39, 0.29) is 4.90 Å². The molecule has 0 aromatic heterocycles. The fourth-order valence-electron chi connectivity index (χ4n) is 1.82. The van der Waals surface area contributed by atoms with Gasteiger partial charge in [0.1, 0.15) is 0 Å². The van der Waals surface area contributed by atoms with Crippen molar-refractivity contribution >= 4 is 15.7 Å². The first-order chi connectivity index (χ1) is 9.23. The average molecular weight is 300 g/mol. The molecule has 1 aromatic carbocycles. The highest BCUT2D eigenvalue weighted by Crippen LogP contribution is 2.16. The van der Waals surface area contributed by atoms with Gasteiger partial charge in [0, 0.05) is 26.3 Å². The van der Waals surface area contributed by atoms with E-state index in [2.05, 4.69) is 19.2 Å². The minimum absolute atomic E-state index is 0.260. The van der Waals surface area contributed by atoms with Crippen LogP contribution < -0.4 is 5.32 Å². The van der Waals surface area contributed by atoms with E-state index in [1.807, 2.05) is 0 Å². The van der Waals surface area contributed by atoms with Crippen molar-refractivity contribution in [3.63, 3.8) is 0 Å². The third-order valence-corrected chi connectivity index (χ3v) is 4.75. The lowest BCUT2D eigenvalue weighted by Crippen LogP contribution is -2.22. The molecule has 5 nitrogen and oxygen atoms in total. The van der Waals surface area contributed by atoms with Crippen LogP contribution in [0.1, 0.15) is 20.3 Å². The second-order valence-electron chi connectivity index (χ2n) is 5.48. The Labute approximate surface area is 121 Å². The van der Waals surface area contributed by atoms with E-state index < -0.39 is 16.1 Å². The molecule has 0 bridgehead atoms. The maximum atomic E-state index is 11.9. The number of aliphatic hydroxyl groups excluding tert-OH is 1. The Bertz CT molecular complexity index is 510. The van der Waals surface area contributed by atoms with Crippen LogP contribution >= 0.6 is 0 Å². The van der Waals surface area contributed by atoms with Crippen molar-refractivity contribution in [2.75, 3.05) is 26.0 Å². The molecule has 20 heavy (non-hydrogen) atoms. The van der Waals surface area contributed by atoms with Crippen LogP contribution in [0.4, 0.5) is 5.69 Å². The number of nitrogens with one attached hydrogen (secondary N) is 1. The molecule has 0 aliphatic heterocycles. The van der Waals surface area contributed by atoms with E-state index in [1.165, 1.54) is 18.4 Å². The summed E-state index contributed by atoms with van der Waals surface area (Å²) in [7, 11) is -0.377. The quantitative estimate of drug-likeness (QED) is 0.805. The van der Waals surface area contributed by atoms with Gasteiger partial charge in [0.2, 0.25) is 10.0 Å². The minimum atomic E-state index is -3.38. The van der Waals surface area contributed by atoms with Crippen LogP contribution in [0.2, 0.25) is 0 Å². The predicted octanol–water partition coefficient (Wildman–Crippen LogP) is 1.76. The van der Waals surface area contributed by atoms with Gasteiger partial charge in [-0.15, -0.1) is 0 Å². The van der Waals surface area contributed by atoms with Crippen molar-refractivity contribution in [1.29, 1.82) is 0 Å². The molecule has 0 radical (unpaired) electrons. The number of nitrogens with zero attached hydrogens (tertiary/aromatic N) is 1. The maximum Gasteiger partial charge on any atom is 0.242 e. The zero-order valence-electron chi connectivity index (χ0n) is 12.5. The predicted molar refractivity (Wildman–Crippen MR) is 81.3 cm³/mol. The standard InChI is InChI=1S/C14H24N2O3S/c1-11(2)9-13(17)10-15-12-5-7-14(8-6-12)20(18,19)16(3)4/h5-8,11,13,15,17H,9-10H2,1-4H3. The summed E-state index contributed by atoms with van der Waals surface area (Å²) in [5, 5.41) is 12.9. The van der Waals surface area contributed by atoms with Gasteiger partial charge in [-0.1, -0.05) is 13.8 Å². The summed E-state index contributed by atoms with van der Waals surface area (Å²) in [5.74, 6) is 0.444. The van der Waals surface area contributed by atoms with E-state index in [4.69, 9.17) is 0 Å². The van der Waals surface area contributed by atoms with Crippen LogP contribution in [-0.4, -0.2) is 44.6 Å². The largest absolute Gasteiger partial charge is 0.391 e. The summed E-state index contributed by atoms with van der Waals surface area (Å²) >= 11 is 0. The van der Waals surface area contributed by atoms with Gasteiger partial charge < -0.3 is 10.4 Å². The molecule has 0 spiro atoms. The van der Waals surface area contributed by atoms with Crippen LogP contribution in [0.3, 0.4) is 0 Å². The Balaban J connectivity index is 2.64. The zero-order chi connectivity index (χ0) is 15.3. The van der Waals surface area contributed by atoms with Gasteiger partial charge in [0.25, 0.3) is 0 Å². The van der Waals surface area contributed by atoms with Crippen LogP contribution in [0.15, 0.2) is 29.2 Å². The number of rotatable bonds is 7. The normalized spacial score (nSPS) is 13.8. The van der Waals surface area contributed by atoms with Crippen molar-refractivity contribution < 1.29 is 13.5 Å². The zero-order valence-corrected chi connectivity index (χ0v) is 13.3. The Morgan fingerprint density at radius 3 is 2.20 bits per heavy atom. The number of sulfonamides is 1. The van der Waals surface area contributed by atoms with Gasteiger partial charge in [-0.05, 0) is 36.6 Å². The first kappa shape index (κ1) is 16.9. The minimum Gasteiger partial charge on any atom is -0.391 e. The molecule has 2 N–H and O–H groups in total. The average Bonchev–Trinajstić information content (AvgIpc) is 2.36. The molecular weight excluding hydrogens is 276 g/mol. The molecule has 0 aliphatic rings. The van der Waals surface area contributed by atoms with E-state index in [0.717, 1.165) is 12.1 Å². The number of hydrogen-bond donors (Lipinski definition) is 2. The Morgan fingerprint density at radius 1 is 1.20 bits per heavy atom. The lowest BCUT2D eigenvalue weighted by Gasteiger charge is -2.15. The highest BCUT2D eigenvalue weighted by Gasteiger charge is 2.16. The Morgan fingerprint density at radius 2 is 1.75 bits per heavy atom. The molecule has 0 saturated heterocycles. The molecule has 1 rings (SSSR count). The fraction of sp³-hybridized carbons (Fsp3) is 0.571. The van der Waals surface area contributed by atoms with Crippen LogP contribution in [0.5, 0.6) is 0 Å². The number of anilines is 1. The lowest BCUT2D eigenvalue weighted by molar-refractivity contribution is 0.161. The molecule has 114 valence electrons. The molecule has 6 heteroatoms.